The van der Waals surface area contributed by atoms with E-state index in [9.17, 15) is 14.4 Å². The molecular weight excluding hydrogens is 356 g/mol. The third kappa shape index (κ3) is 3.70. The molecule has 7 nitrogen and oxygen atoms in total. The predicted molar refractivity (Wildman–Crippen MR) is 95.7 cm³/mol. The van der Waals surface area contributed by atoms with E-state index in [-0.39, 0.29) is 13.2 Å². The Morgan fingerprint density at radius 3 is 2.73 bits per heavy atom. The van der Waals surface area contributed by atoms with Crippen molar-refractivity contribution in [1.82, 2.24) is 4.90 Å². The van der Waals surface area contributed by atoms with E-state index in [4.69, 9.17) is 9.47 Å². The number of aryl methyl sites for hydroxylation is 1. The maximum Gasteiger partial charge on any atom is 0.411 e. The Labute approximate surface area is 154 Å². The van der Waals surface area contributed by atoms with Gasteiger partial charge >= 0.3 is 12.1 Å². The first kappa shape index (κ1) is 17.9. The van der Waals surface area contributed by atoms with E-state index in [0.717, 1.165) is 20.9 Å². The van der Waals surface area contributed by atoms with E-state index in [0.29, 0.717) is 5.00 Å². The average Bonchev–Trinajstić information content (AvgIpc) is 2.91. The summed E-state index contributed by atoms with van der Waals surface area (Å²) in [6, 6.07) is 9.64. The van der Waals surface area contributed by atoms with Gasteiger partial charge < -0.3 is 14.8 Å². The number of nitrogens with zero attached hydrogens (tertiary/aromatic N) is 1. The molecule has 2 heterocycles. The summed E-state index contributed by atoms with van der Waals surface area (Å²) in [5.41, 5.74) is 1.56. The Hall–Kier alpha value is -2.87. The Balaban J connectivity index is 1.84. The monoisotopic (exact) mass is 374 g/mol. The molecule has 1 aliphatic rings. The van der Waals surface area contributed by atoms with E-state index >= 15 is 0 Å². The Kier molecular flexibility index (Phi) is 5.22. The summed E-state index contributed by atoms with van der Waals surface area (Å²) < 4.78 is 10.0. The van der Waals surface area contributed by atoms with Crippen LogP contribution in [-0.4, -0.2) is 36.0 Å². The van der Waals surface area contributed by atoms with Crippen LogP contribution >= 0.6 is 11.3 Å². The number of rotatable bonds is 3. The van der Waals surface area contributed by atoms with Gasteiger partial charge in [-0.3, -0.25) is 9.69 Å². The molecule has 1 aromatic carbocycles. The van der Waals surface area contributed by atoms with Crippen molar-refractivity contribution in [1.29, 1.82) is 0 Å². The first-order chi connectivity index (χ1) is 12.5. The lowest BCUT2D eigenvalue weighted by Gasteiger charge is -2.25. The van der Waals surface area contributed by atoms with E-state index in [1.807, 2.05) is 43.3 Å². The molecule has 2 aromatic rings. The van der Waals surface area contributed by atoms with Crippen LogP contribution in [0.5, 0.6) is 0 Å². The maximum atomic E-state index is 12.6. The van der Waals surface area contributed by atoms with Crippen LogP contribution in [0.4, 0.5) is 9.80 Å². The predicted octanol–water partition coefficient (Wildman–Crippen LogP) is 2.69. The molecular formula is C18H18N2O5S. The fraction of sp³-hybridized carbons (Fsp3) is 0.278. The Morgan fingerprint density at radius 2 is 2.04 bits per heavy atom. The van der Waals surface area contributed by atoms with Crippen molar-refractivity contribution < 1.29 is 23.9 Å². The molecule has 0 saturated heterocycles. The highest BCUT2D eigenvalue weighted by molar-refractivity contribution is 7.16. The molecule has 1 aliphatic heterocycles. The lowest BCUT2D eigenvalue weighted by atomic mass is 10.2. The zero-order chi connectivity index (χ0) is 18.7. The summed E-state index contributed by atoms with van der Waals surface area (Å²) in [6.07, 6.45) is -0.754. The Bertz CT molecular complexity index is 833. The van der Waals surface area contributed by atoms with Crippen molar-refractivity contribution in [3.05, 3.63) is 52.4 Å². The molecule has 0 unspecified atom stereocenters. The minimum atomic E-state index is -1.40. The third-order valence-electron chi connectivity index (χ3n) is 3.93. The summed E-state index contributed by atoms with van der Waals surface area (Å²) in [6.45, 7) is 2.02. The van der Waals surface area contributed by atoms with Gasteiger partial charge in [0.2, 0.25) is 6.04 Å². The van der Waals surface area contributed by atoms with Gasteiger partial charge in [-0.05, 0) is 18.6 Å². The molecule has 0 fully saturated rings. The highest BCUT2D eigenvalue weighted by atomic mass is 32.1. The van der Waals surface area contributed by atoms with E-state index in [2.05, 4.69) is 5.32 Å². The van der Waals surface area contributed by atoms with E-state index in [1.165, 1.54) is 18.4 Å². The summed E-state index contributed by atoms with van der Waals surface area (Å²) in [5.74, 6) is -1.43. The van der Waals surface area contributed by atoms with Crippen LogP contribution in [0.1, 0.15) is 16.0 Å². The van der Waals surface area contributed by atoms with Gasteiger partial charge in [0.1, 0.15) is 11.6 Å². The van der Waals surface area contributed by atoms with Gasteiger partial charge in [-0.25, -0.2) is 9.59 Å². The van der Waals surface area contributed by atoms with Crippen LogP contribution in [0.2, 0.25) is 0 Å². The molecule has 0 bridgehead atoms. The fourth-order valence-corrected chi connectivity index (χ4v) is 3.63. The van der Waals surface area contributed by atoms with E-state index in [1.54, 1.807) is 0 Å². The summed E-state index contributed by atoms with van der Waals surface area (Å²) >= 11 is 1.39. The van der Waals surface area contributed by atoms with Gasteiger partial charge in [0.15, 0.2) is 0 Å². The standard InChI is InChI=1S/C18H18N2O5S/c1-11-8-13-9-20(18(23)25-10-12-6-4-3-5-7-12)14(17(22)24-2)15(21)19-16(13)26-11/h3-8,14H,9-10H2,1-2H3,(H,19,21)/t14-/m1/s1. The number of thiophene rings is 1. The van der Waals surface area contributed by atoms with Crippen molar-refractivity contribution in [3.8, 4) is 0 Å². The molecule has 1 aromatic heterocycles. The number of ether oxygens (including phenoxy) is 2. The van der Waals surface area contributed by atoms with Gasteiger partial charge in [-0.2, -0.15) is 0 Å². The first-order valence-corrected chi connectivity index (χ1v) is 8.76. The van der Waals surface area contributed by atoms with Crippen molar-refractivity contribution in [2.75, 3.05) is 12.4 Å². The zero-order valence-electron chi connectivity index (χ0n) is 14.4. The summed E-state index contributed by atoms with van der Waals surface area (Å²) in [7, 11) is 1.17. The normalized spacial score (nSPS) is 16.3. The molecule has 0 spiro atoms. The second-order valence-electron chi connectivity index (χ2n) is 5.79. The lowest BCUT2D eigenvalue weighted by Crippen LogP contribution is -2.50. The van der Waals surface area contributed by atoms with Gasteiger partial charge in [-0.1, -0.05) is 30.3 Å². The molecule has 1 N–H and O–H groups in total. The molecule has 8 heteroatoms. The largest absolute Gasteiger partial charge is 0.467 e. The van der Waals surface area contributed by atoms with Crippen LogP contribution in [0.25, 0.3) is 0 Å². The van der Waals surface area contributed by atoms with Crippen LogP contribution in [0.3, 0.4) is 0 Å². The number of benzene rings is 1. The van der Waals surface area contributed by atoms with Crippen molar-refractivity contribution >= 4 is 34.3 Å². The number of methoxy groups -OCH3 is 1. The maximum absolute atomic E-state index is 12.6. The minimum Gasteiger partial charge on any atom is -0.467 e. The molecule has 136 valence electrons. The molecule has 3 rings (SSSR count). The topological polar surface area (TPSA) is 84.9 Å². The number of hydrogen-bond acceptors (Lipinski definition) is 6. The number of amides is 2. The minimum absolute atomic E-state index is 0.0429. The lowest BCUT2D eigenvalue weighted by molar-refractivity contribution is -0.150. The molecule has 0 saturated carbocycles. The van der Waals surface area contributed by atoms with Crippen LogP contribution in [0, 0.1) is 6.92 Å². The number of nitrogens with one attached hydrogen (secondary N) is 1. The SMILES string of the molecule is COC(=O)[C@H]1C(=O)Nc2sc(C)cc2CN1C(=O)OCc1ccccc1. The second kappa shape index (κ2) is 7.57. The van der Waals surface area contributed by atoms with Crippen molar-refractivity contribution in [2.24, 2.45) is 0 Å². The summed E-state index contributed by atoms with van der Waals surface area (Å²) in [4.78, 5) is 39.4. The van der Waals surface area contributed by atoms with Crippen LogP contribution in [0.15, 0.2) is 36.4 Å². The van der Waals surface area contributed by atoms with Crippen LogP contribution < -0.4 is 5.32 Å². The molecule has 0 radical (unpaired) electrons. The quantitative estimate of drug-likeness (QED) is 0.660. The van der Waals surface area contributed by atoms with E-state index < -0.39 is 24.0 Å². The Morgan fingerprint density at radius 1 is 1.31 bits per heavy atom. The number of carbonyl (C=O) groups is 3. The fourth-order valence-electron chi connectivity index (χ4n) is 2.70. The summed E-state index contributed by atoms with van der Waals surface area (Å²) in [5, 5.41) is 3.32. The number of carbonyl (C=O) groups excluding carboxylic acids is 3. The molecule has 26 heavy (non-hydrogen) atoms. The molecule has 0 aliphatic carbocycles. The average molecular weight is 374 g/mol. The number of anilines is 1. The number of hydrogen-bond donors (Lipinski definition) is 1. The van der Waals surface area contributed by atoms with Gasteiger partial charge in [0, 0.05) is 10.4 Å². The van der Waals surface area contributed by atoms with Crippen molar-refractivity contribution in [3.63, 3.8) is 0 Å². The third-order valence-corrected chi connectivity index (χ3v) is 4.94. The zero-order valence-corrected chi connectivity index (χ0v) is 15.2. The molecule has 2 amide bonds. The van der Waals surface area contributed by atoms with Crippen LogP contribution in [-0.2, 0) is 32.2 Å². The van der Waals surface area contributed by atoms with Crippen molar-refractivity contribution in [2.45, 2.75) is 26.1 Å². The number of esters is 1. The smallest absolute Gasteiger partial charge is 0.411 e. The van der Waals surface area contributed by atoms with Gasteiger partial charge in [0.25, 0.3) is 5.91 Å². The highest BCUT2D eigenvalue weighted by Gasteiger charge is 2.41. The van der Waals surface area contributed by atoms with Gasteiger partial charge in [0.05, 0.1) is 13.7 Å². The molecule has 1 atom stereocenters. The number of fused-ring (bicyclic) bond motifs is 1. The second-order valence-corrected chi connectivity index (χ2v) is 7.05. The van der Waals surface area contributed by atoms with Gasteiger partial charge in [-0.15, -0.1) is 11.3 Å². The first-order valence-electron chi connectivity index (χ1n) is 7.95. The highest BCUT2D eigenvalue weighted by Crippen LogP contribution is 2.32.